The summed E-state index contributed by atoms with van der Waals surface area (Å²) in [7, 11) is 0. The van der Waals surface area contributed by atoms with Crippen LogP contribution in [0.25, 0.3) is 0 Å². The number of piperidine rings is 1. The van der Waals surface area contributed by atoms with Gasteiger partial charge in [0.1, 0.15) is 11.8 Å². The molecule has 0 saturated carbocycles. The Bertz CT molecular complexity index is 582. The molecule has 0 bridgehead atoms. The summed E-state index contributed by atoms with van der Waals surface area (Å²) in [5.41, 5.74) is 1.31. The van der Waals surface area contributed by atoms with Gasteiger partial charge in [0.25, 0.3) is 0 Å². The first kappa shape index (κ1) is 17.2. The SMILES string of the molecule is CCCN1CC2(CCN(Cc3cccc(O)c3)CC2)C[C@H]1C(=O)O. The lowest BCUT2D eigenvalue weighted by molar-refractivity contribution is -0.142. The van der Waals surface area contributed by atoms with Crippen molar-refractivity contribution in [3.63, 3.8) is 0 Å². The average molecular weight is 332 g/mol. The Balaban J connectivity index is 1.59. The molecule has 2 N–H and O–H groups in total. The normalized spacial score (nSPS) is 24.5. The van der Waals surface area contributed by atoms with Crippen LogP contribution in [0.4, 0.5) is 0 Å². The molecule has 24 heavy (non-hydrogen) atoms. The highest BCUT2D eigenvalue weighted by Gasteiger charge is 2.47. The third kappa shape index (κ3) is 3.73. The van der Waals surface area contributed by atoms with Crippen molar-refractivity contribution in [1.29, 1.82) is 0 Å². The van der Waals surface area contributed by atoms with Crippen LogP contribution in [0, 0.1) is 5.41 Å². The van der Waals surface area contributed by atoms with Gasteiger partial charge in [-0.25, -0.2) is 0 Å². The molecule has 132 valence electrons. The number of phenols is 1. The predicted octanol–water partition coefficient (Wildman–Crippen LogP) is 2.54. The molecule has 2 aliphatic rings. The zero-order chi connectivity index (χ0) is 17.2. The molecule has 1 aromatic rings. The van der Waals surface area contributed by atoms with Crippen LogP contribution in [-0.2, 0) is 11.3 Å². The van der Waals surface area contributed by atoms with Gasteiger partial charge in [-0.05, 0) is 68.4 Å². The lowest BCUT2D eigenvalue weighted by Crippen LogP contribution is -2.41. The van der Waals surface area contributed by atoms with Crippen molar-refractivity contribution in [3.05, 3.63) is 29.8 Å². The zero-order valence-electron chi connectivity index (χ0n) is 14.4. The monoisotopic (exact) mass is 332 g/mol. The number of aliphatic carboxylic acids is 1. The highest BCUT2D eigenvalue weighted by atomic mass is 16.4. The summed E-state index contributed by atoms with van der Waals surface area (Å²) in [6.45, 7) is 6.78. The molecule has 0 aliphatic carbocycles. The average Bonchev–Trinajstić information content (AvgIpc) is 2.89. The molecular formula is C19H28N2O3. The van der Waals surface area contributed by atoms with E-state index in [2.05, 4.69) is 16.7 Å². The summed E-state index contributed by atoms with van der Waals surface area (Å²) in [4.78, 5) is 16.2. The smallest absolute Gasteiger partial charge is 0.320 e. The number of benzene rings is 1. The minimum Gasteiger partial charge on any atom is -0.508 e. The Hall–Kier alpha value is -1.59. The van der Waals surface area contributed by atoms with E-state index in [1.165, 1.54) is 0 Å². The van der Waals surface area contributed by atoms with Gasteiger partial charge in [0.05, 0.1) is 0 Å². The summed E-state index contributed by atoms with van der Waals surface area (Å²) in [6, 6.07) is 7.14. The van der Waals surface area contributed by atoms with Gasteiger partial charge in [-0.15, -0.1) is 0 Å². The second kappa shape index (κ2) is 7.11. The van der Waals surface area contributed by atoms with Gasteiger partial charge in [0.2, 0.25) is 0 Å². The fraction of sp³-hybridized carbons (Fsp3) is 0.632. The number of rotatable bonds is 5. The summed E-state index contributed by atoms with van der Waals surface area (Å²) in [5.74, 6) is -0.348. The first-order chi connectivity index (χ1) is 11.5. The molecule has 0 radical (unpaired) electrons. The minimum absolute atomic E-state index is 0.174. The second-order valence-corrected chi connectivity index (χ2v) is 7.47. The Morgan fingerprint density at radius 3 is 2.71 bits per heavy atom. The van der Waals surface area contributed by atoms with Gasteiger partial charge in [0.15, 0.2) is 0 Å². The predicted molar refractivity (Wildman–Crippen MR) is 93.0 cm³/mol. The molecule has 3 rings (SSSR count). The first-order valence-electron chi connectivity index (χ1n) is 8.98. The number of nitrogens with zero attached hydrogens (tertiary/aromatic N) is 2. The molecule has 5 nitrogen and oxygen atoms in total. The minimum atomic E-state index is -0.664. The standard InChI is InChI=1S/C19H28N2O3/c1-2-8-21-14-19(12-17(21)18(23)24)6-9-20(10-7-19)13-15-4-3-5-16(22)11-15/h3-5,11,17,22H,2,6-10,12-14H2,1H3,(H,23,24)/t17-/m0/s1. The van der Waals surface area contributed by atoms with Crippen LogP contribution in [0.3, 0.4) is 0 Å². The maximum atomic E-state index is 11.6. The fourth-order valence-corrected chi connectivity index (χ4v) is 4.37. The number of phenolic OH excluding ortho intramolecular Hbond substituents is 1. The molecular weight excluding hydrogens is 304 g/mol. The molecule has 2 saturated heterocycles. The Kier molecular flexibility index (Phi) is 5.11. The number of aromatic hydroxyl groups is 1. The number of carboxylic acid groups (broad SMARTS) is 1. The van der Waals surface area contributed by atoms with E-state index in [0.717, 1.165) is 64.0 Å². The van der Waals surface area contributed by atoms with E-state index in [-0.39, 0.29) is 11.5 Å². The molecule has 1 spiro atoms. The lowest BCUT2D eigenvalue weighted by atomic mass is 9.76. The van der Waals surface area contributed by atoms with Gasteiger partial charge in [0, 0.05) is 13.1 Å². The number of hydrogen-bond acceptors (Lipinski definition) is 4. The van der Waals surface area contributed by atoms with E-state index in [9.17, 15) is 15.0 Å². The van der Waals surface area contributed by atoms with Crippen LogP contribution in [0.5, 0.6) is 5.75 Å². The Labute approximate surface area is 143 Å². The maximum absolute atomic E-state index is 11.6. The van der Waals surface area contributed by atoms with E-state index in [1.807, 2.05) is 18.2 Å². The van der Waals surface area contributed by atoms with Crippen LogP contribution in [0.1, 0.15) is 38.2 Å². The number of carbonyl (C=O) groups is 1. The molecule has 0 unspecified atom stereocenters. The largest absolute Gasteiger partial charge is 0.508 e. The van der Waals surface area contributed by atoms with Crippen LogP contribution >= 0.6 is 0 Å². The summed E-state index contributed by atoms with van der Waals surface area (Å²) in [5, 5.41) is 19.1. The van der Waals surface area contributed by atoms with E-state index in [4.69, 9.17) is 0 Å². The van der Waals surface area contributed by atoms with Crippen LogP contribution in [0.15, 0.2) is 24.3 Å². The first-order valence-corrected chi connectivity index (χ1v) is 8.98. The summed E-state index contributed by atoms with van der Waals surface area (Å²) in [6.07, 6.45) is 3.93. The third-order valence-electron chi connectivity index (χ3n) is 5.63. The molecule has 0 amide bonds. The third-order valence-corrected chi connectivity index (χ3v) is 5.63. The molecule has 1 atom stereocenters. The molecule has 0 aromatic heterocycles. The molecule has 1 aromatic carbocycles. The van der Waals surface area contributed by atoms with Crippen molar-refractivity contribution in [2.75, 3.05) is 26.2 Å². The quantitative estimate of drug-likeness (QED) is 0.867. The Morgan fingerprint density at radius 2 is 2.08 bits per heavy atom. The number of hydrogen-bond donors (Lipinski definition) is 2. The van der Waals surface area contributed by atoms with Crippen molar-refractivity contribution in [2.45, 2.75) is 45.2 Å². The van der Waals surface area contributed by atoms with E-state index in [0.29, 0.717) is 5.75 Å². The maximum Gasteiger partial charge on any atom is 0.320 e. The lowest BCUT2D eigenvalue weighted by Gasteiger charge is -2.39. The molecule has 5 heteroatoms. The molecule has 2 aliphatic heterocycles. The number of likely N-dealkylation sites (tertiary alicyclic amines) is 2. The van der Waals surface area contributed by atoms with Crippen molar-refractivity contribution in [2.24, 2.45) is 5.41 Å². The summed E-state index contributed by atoms with van der Waals surface area (Å²) >= 11 is 0. The fourth-order valence-electron chi connectivity index (χ4n) is 4.37. The van der Waals surface area contributed by atoms with Gasteiger partial charge >= 0.3 is 5.97 Å². The number of carboxylic acids is 1. The van der Waals surface area contributed by atoms with Crippen molar-refractivity contribution in [3.8, 4) is 5.75 Å². The van der Waals surface area contributed by atoms with Crippen LogP contribution in [-0.4, -0.2) is 58.2 Å². The van der Waals surface area contributed by atoms with E-state index in [1.54, 1.807) is 6.07 Å². The van der Waals surface area contributed by atoms with E-state index < -0.39 is 5.97 Å². The second-order valence-electron chi connectivity index (χ2n) is 7.47. The van der Waals surface area contributed by atoms with Gasteiger partial charge in [-0.2, -0.15) is 0 Å². The van der Waals surface area contributed by atoms with Crippen molar-refractivity contribution in [1.82, 2.24) is 9.80 Å². The van der Waals surface area contributed by atoms with E-state index >= 15 is 0 Å². The van der Waals surface area contributed by atoms with Crippen LogP contribution in [0.2, 0.25) is 0 Å². The van der Waals surface area contributed by atoms with Gasteiger partial charge in [-0.1, -0.05) is 19.1 Å². The molecule has 2 fully saturated rings. The molecule has 2 heterocycles. The summed E-state index contributed by atoms with van der Waals surface area (Å²) < 4.78 is 0. The van der Waals surface area contributed by atoms with Crippen LogP contribution < -0.4 is 0 Å². The van der Waals surface area contributed by atoms with Gasteiger partial charge in [-0.3, -0.25) is 14.6 Å². The highest BCUT2D eigenvalue weighted by Crippen LogP contribution is 2.43. The Morgan fingerprint density at radius 1 is 1.33 bits per heavy atom. The topological polar surface area (TPSA) is 64.0 Å². The van der Waals surface area contributed by atoms with Gasteiger partial charge < -0.3 is 10.2 Å². The van der Waals surface area contributed by atoms with Crippen molar-refractivity contribution >= 4 is 5.97 Å². The highest BCUT2D eigenvalue weighted by molar-refractivity contribution is 5.74. The zero-order valence-corrected chi connectivity index (χ0v) is 14.4. The van der Waals surface area contributed by atoms with Crippen molar-refractivity contribution < 1.29 is 15.0 Å².